The van der Waals surface area contributed by atoms with Gasteiger partial charge in [0.1, 0.15) is 12.1 Å². The summed E-state index contributed by atoms with van der Waals surface area (Å²) in [6.07, 6.45) is 3.62. The second-order valence-electron chi connectivity index (χ2n) is 7.79. The van der Waals surface area contributed by atoms with Gasteiger partial charge in [-0.1, -0.05) is 36.4 Å². The SMILES string of the molecule is Cc1ccc(C)c(NC(=O)Cn2ccc3ccn(Cc4ccccc4C)c3c2=O)c1. The van der Waals surface area contributed by atoms with Gasteiger partial charge in [0.2, 0.25) is 5.91 Å². The summed E-state index contributed by atoms with van der Waals surface area (Å²) in [6.45, 7) is 6.58. The second-order valence-corrected chi connectivity index (χ2v) is 7.79. The molecule has 30 heavy (non-hydrogen) atoms. The molecule has 1 amide bonds. The van der Waals surface area contributed by atoms with Gasteiger partial charge in [0.05, 0.1) is 0 Å². The smallest absolute Gasteiger partial charge is 0.275 e. The fraction of sp³-hybridized carbons (Fsp3) is 0.200. The molecule has 0 unspecified atom stereocenters. The van der Waals surface area contributed by atoms with Crippen molar-refractivity contribution < 1.29 is 4.79 Å². The van der Waals surface area contributed by atoms with Crippen molar-refractivity contribution in [2.75, 3.05) is 5.32 Å². The van der Waals surface area contributed by atoms with Crippen LogP contribution in [0.4, 0.5) is 5.69 Å². The minimum absolute atomic E-state index is 0.0301. The van der Waals surface area contributed by atoms with Gasteiger partial charge in [-0.05, 0) is 61.2 Å². The first kappa shape index (κ1) is 19.7. The van der Waals surface area contributed by atoms with E-state index < -0.39 is 0 Å². The summed E-state index contributed by atoms with van der Waals surface area (Å²) in [7, 11) is 0. The molecule has 0 saturated carbocycles. The number of nitrogens with one attached hydrogen (secondary N) is 1. The molecule has 0 spiro atoms. The van der Waals surface area contributed by atoms with Crippen LogP contribution in [-0.4, -0.2) is 15.0 Å². The van der Waals surface area contributed by atoms with Gasteiger partial charge in [0, 0.05) is 30.0 Å². The lowest BCUT2D eigenvalue weighted by atomic mass is 10.1. The van der Waals surface area contributed by atoms with Gasteiger partial charge in [0.25, 0.3) is 5.56 Å². The summed E-state index contributed by atoms with van der Waals surface area (Å²) in [5, 5.41) is 3.80. The highest BCUT2D eigenvalue weighted by molar-refractivity contribution is 5.91. The molecule has 0 aliphatic heterocycles. The number of carbonyl (C=O) groups is 1. The summed E-state index contributed by atoms with van der Waals surface area (Å²) >= 11 is 0. The number of amides is 1. The number of pyridine rings is 1. The molecule has 5 nitrogen and oxygen atoms in total. The summed E-state index contributed by atoms with van der Waals surface area (Å²) in [5.41, 5.74) is 5.63. The van der Waals surface area contributed by atoms with Crippen LogP contribution >= 0.6 is 0 Å². The standard InChI is InChI=1S/C25H25N3O2/c1-17-8-9-19(3)22(14-17)26-23(29)16-28-13-11-20-10-12-27(24(20)25(28)30)15-21-7-5-4-6-18(21)2/h4-14H,15-16H2,1-3H3,(H,26,29). The molecule has 152 valence electrons. The van der Waals surface area contributed by atoms with Gasteiger partial charge in [-0.3, -0.25) is 9.59 Å². The van der Waals surface area contributed by atoms with Crippen LogP contribution in [0.3, 0.4) is 0 Å². The number of aromatic nitrogens is 2. The highest BCUT2D eigenvalue weighted by Gasteiger charge is 2.12. The average molecular weight is 399 g/mol. The molecule has 0 radical (unpaired) electrons. The normalized spacial score (nSPS) is 11.0. The molecular formula is C25H25N3O2. The Morgan fingerprint density at radius 2 is 1.63 bits per heavy atom. The van der Waals surface area contributed by atoms with E-state index in [2.05, 4.69) is 24.4 Å². The Balaban J connectivity index is 1.61. The number of aryl methyl sites for hydroxylation is 3. The van der Waals surface area contributed by atoms with E-state index in [1.54, 1.807) is 6.20 Å². The van der Waals surface area contributed by atoms with Crippen molar-refractivity contribution in [2.45, 2.75) is 33.9 Å². The fourth-order valence-electron chi connectivity index (χ4n) is 3.69. The zero-order valence-corrected chi connectivity index (χ0v) is 17.5. The van der Waals surface area contributed by atoms with Crippen LogP contribution < -0.4 is 10.9 Å². The third kappa shape index (κ3) is 3.92. The molecule has 0 saturated heterocycles. The van der Waals surface area contributed by atoms with Crippen LogP contribution in [0.15, 0.2) is 71.8 Å². The molecule has 4 rings (SSSR count). The maximum Gasteiger partial charge on any atom is 0.275 e. The Kier molecular flexibility index (Phi) is 5.27. The molecule has 0 atom stereocenters. The van der Waals surface area contributed by atoms with E-state index in [9.17, 15) is 9.59 Å². The summed E-state index contributed by atoms with van der Waals surface area (Å²) in [5.74, 6) is -0.220. The van der Waals surface area contributed by atoms with Crippen LogP contribution in [0.2, 0.25) is 0 Å². The van der Waals surface area contributed by atoms with Gasteiger partial charge < -0.3 is 14.5 Å². The van der Waals surface area contributed by atoms with Crippen molar-refractivity contribution in [3.8, 4) is 0 Å². The Morgan fingerprint density at radius 3 is 2.40 bits per heavy atom. The van der Waals surface area contributed by atoms with E-state index in [0.29, 0.717) is 12.1 Å². The largest absolute Gasteiger partial charge is 0.339 e. The van der Waals surface area contributed by atoms with Crippen molar-refractivity contribution in [3.63, 3.8) is 0 Å². The van der Waals surface area contributed by atoms with Gasteiger partial charge in [-0.25, -0.2) is 0 Å². The topological polar surface area (TPSA) is 56.0 Å². The Hall–Kier alpha value is -3.60. The maximum absolute atomic E-state index is 13.2. The number of benzene rings is 2. The third-order valence-corrected chi connectivity index (χ3v) is 5.48. The van der Waals surface area contributed by atoms with Crippen molar-refractivity contribution >= 4 is 22.5 Å². The van der Waals surface area contributed by atoms with Gasteiger partial charge >= 0.3 is 0 Å². The summed E-state index contributed by atoms with van der Waals surface area (Å²) in [4.78, 5) is 25.8. The minimum Gasteiger partial charge on any atom is -0.339 e. The van der Waals surface area contributed by atoms with Gasteiger partial charge in [-0.15, -0.1) is 0 Å². The Morgan fingerprint density at radius 1 is 0.900 bits per heavy atom. The van der Waals surface area contributed by atoms with Crippen molar-refractivity contribution in [1.82, 2.24) is 9.13 Å². The van der Waals surface area contributed by atoms with Crippen LogP contribution in [-0.2, 0) is 17.9 Å². The molecular weight excluding hydrogens is 374 g/mol. The molecule has 5 heteroatoms. The van der Waals surface area contributed by atoms with Crippen molar-refractivity contribution in [3.05, 3.63) is 99.6 Å². The molecule has 0 aliphatic carbocycles. The van der Waals surface area contributed by atoms with Crippen LogP contribution in [0, 0.1) is 20.8 Å². The van der Waals surface area contributed by atoms with E-state index >= 15 is 0 Å². The zero-order chi connectivity index (χ0) is 21.3. The molecule has 4 aromatic rings. The number of carbonyl (C=O) groups excluding carboxylic acids is 1. The van der Waals surface area contributed by atoms with Crippen LogP contribution in [0.25, 0.3) is 10.9 Å². The molecule has 2 aromatic heterocycles. The Labute approximate surface area is 175 Å². The lowest BCUT2D eigenvalue weighted by molar-refractivity contribution is -0.116. The van der Waals surface area contributed by atoms with E-state index in [1.807, 2.05) is 67.1 Å². The third-order valence-electron chi connectivity index (χ3n) is 5.48. The van der Waals surface area contributed by atoms with Crippen molar-refractivity contribution in [1.29, 1.82) is 0 Å². The van der Waals surface area contributed by atoms with E-state index in [1.165, 1.54) is 10.1 Å². The first-order valence-electron chi connectivity index (χ1n) is 10.0. The predicted octanol–water partition coefficient (Wildman–Crippen LogP) is 4.42. The fourth-order valence-corrected chi connectivity index (χ4v) is 3.69. The highest BCUT2D eigenvalue weighted by atomic mass is 16.2. The van der Waals surface area contributed by atoms with E-state index in [-0.39, 0.29) is 18.0 Å². The molecule has 2 aromatic carbocycles. The minimum atomic E-state index is -0.220. The second kappa shape index (κ2) is 8.03. The number of rotatable bonds is 5. The predicted molar refractivity (Wildman–Crippen MR) is 121 cm³/mol. The number of hydrogen-bond acceptors (Lipinski definition) is 2. The zero-order valence-electron chi connectivity index (χ0n) is 17.5. The first-order valence-corrected chi connectivity index (χ1v) is 10.0. The first-order chi connectivity index (χ1) is 14.4. The molecule has 1 N–H and O–H groups in total. The van der Waals surface area contributed by atoms with E-state index in [4.69, 9.17) is 0 Å². The monoisotopic (exact) mass is 399 g/mol. The number of fused-ring (bicyclic) bond motifs is 1. The van der Waals surface area contributed by atoms with Gasteiger partial charge in [0.15, 0.2) is 0 Å². The number of nitrogens with zero attached hydrogens (tertiary/aromatic N) is 2. The lowest BCUT2D eigenvalue weighted by Gasteiger charge is -2.12. The average Bonchev–Trinajstić information content (AvgIpc) is 3.12. The summed E-state index contributed by atoms with van der Waals surface area (Å²) in [6, 6.07) is 17.9. The number of hydrogen-bond donors (Lipinski definition) is 1. The number of anilines is 1. The Bertz CT molecular complexity index is 1300. The van der Waals surface area contributed by atoms with Crippen LogP contribution in [0.1, 0.15) is 22.3 Å². The van der Waals surface area contributed by atoms with Gasteiger partial charge in [-0.2, -0.15) is 0 Å². The molecule has 0 bridgehead atoms. The summed E-state index contributed by atoms with van der Waals surface area (Å²) < 4.78 is 3.43. The quantitative estimate of drug-likeness (QED) is 0.540. The highest BCUT2D eigenvalue weighted by Crippen LogP contribution is 2.17. The lowest BCUT2D eigenvalue weighted by Crippen LogP contribution is -2.28. The van der Waals surface area contributed by atoms with Crippen molar-refractivity contribution in [2.24, 2.45) is 0 Å². The molecule has 0 aliphatic rings. The van der Waals surface area contributed by atoms with Crippen LogP contribution in [0.5, 0.6) is 0 Å². The molecule has 0 fully saturated rings. The maximum atomic E-state index is 13.2. The molecule has 2 heterocycles. The van der Waals surface area contributed by atoms with E-state index in [0.717, 1.165) is 27.8 Å².